The van der Waals surface area contributed by atoms with Crippen molar-refractivity contribution in [3.05, 3.63) is 53.0 Å². The van der Waals surface area contributed by atoms with Gasteiger partial charge in [-0.25, -0.2) is 4.98 Å². The second-order valence-electron chi connectivity index (χ2n) is 7.38. The molecular weight excluding hydrogens is 372 g/mol. The smallest absolute Gasteiger partial charge is 0.292 e. The molecule has 1 amide bonds. The summed E-state index contributed by atoms with van der Waals surface area (Å²) < 4.78 is 0. The van der Waals surface area contributed by atoms with Crippen LogP contribution in [0.5, 0.6) is 0 Å². The largest absolute Gasteiger partial charge is 0.366 e. The quantitative estimate of drug-likeness (QED) is 0.576. The van der Waals surface area contributed by atoms with E-state index >= 15 is 0 Å². The summed E-state index contributed by atoms with van der Waals surface area (Å²) in [4.78, 5) is 38.4. The number of aromatic nitrogens is 2. The van der Waals surface area contributed by atoms with E-state index in [9.17, 15) is 14.9 Å². The third kappa shape index (κ3) is 4.13. The van der Waals surface area contributed by atoms with E-state index in [-0.39, 0.29) is 22.4 Å². The van der Waals surface area contributed by atoms with E-state index in [0.717, 1.165) is 31.7 Å². The Kier molecular flexibility index (Phi) is 5.55. The van der Waals surface area contributed by atoms with Crippen molar-refractivity contribution in [2.45, 2.75) is 12.8 Å². The van der Waals surface area contributed by atoms with Crippen molar-refractivity contribution in [2.75, 3.05) is 49.1 Å². The van der Waals surface area contributed by atoms with Gasteiger partial charge in [-0.05, 0) is 18.9 Å². The Hall–Kier alpha value is -3.23. The molecular formula is C20H24N6O3. The fraction of sp³-hybridized carbons (Fsp3) is 0.450. The molecule has 0 atom stereocenters. The van der Waals surface area contributed by atoms with Crippen LogP contribution in [-0.4, -0.2) is 65.0 Å². The number of benzene rings is 1. The fourth-order valence-electron chi connectivity index (χ4n) is 4.12. The molecule has 0 spiro atoms. The minimum atomic E-state index is -0.344. The molecule has 9 nitrogen and oxygen atoms in total. The Labute approximate surface area is 169 Å². The maximum Gasteiger partial charge on any atom is 0.292 e. The first-order valence-corrected chi connectivity index (χ1v) is 9.91. The molecule has 0 unspecified atom stereocenters. The SMILES string of the molecule is O=C(C1CCN(c2ccccc2[N+](=O)[O-])CC1)N1CCN(c2cnccn2)CC1. The standard InChI is InChI=1S/C20H24N6O3/c27-20(25-13-11-24(12-14-25)19-15-21-7-8-22-19)16-5-9-23(10-6-16)17-3-1-2-4-18(17)26(28)29/h1-4,7-8,15-16H,5-6,9-14H2. The predicted octanol–water partition coefficient (Wildman–Crippen LogP) is 1.95. The zero-order valence-corrected chi connectivity index (χ0v) is 16.2. The Morgan fingerprint density at radius 1 is 1.00 bits per heavy atom. The molecule has 2 fully saturated rings. The van der Waals surface area contributed by atoms with Gasteiger partial charge in [-0.15, -0.1) is 0 Å². The van der Waals surface area contributed by atoms with Gasteiger partial charge >= 0.3 is 0 Å². The van der Waals surface area contributed by atoms with Gasteiger partial charge in [0, 0.05) is 63.6 Å². The molecule has 1 aromatic carbocycles. The van der Waals surface area contributed by atoms with Crippen LogP contribution in [0.4, 0.5) is 17.2 Å². The molecule has 2 aromatic rings. The van der Waals surface area contributed by atoms with E-state index in [4.69, 9.17) is 0 Å². The molecule has 0 N–H and O–H groups in total. The van der Waals surface area contributed by atoms with Gasteiger partial charge < -0.3 is 14.7 Å². The first-order chi connectivity index (χ1) is 14.1. The number of piperazine rings is 1. The van der Waals surface area contributed by atoms with Crippen LogP contribution in [0.2, 0.25) is 0 Å². The summed E-state index contributed by atoms with van der Waals surface area (Å²) in [7, 11) is 0. The molecule has 0 radical (unpaired) electrons. The highest BCUT2D eigenvalue weighted by molar-refractivity contribution is 5.79. The van der Waals surface area contributed by atoms with Gasteiger partial charge in [-0.2, -0.15) is 0 Å². The van der Waals surface area contributed by atoms with Crippen LogP contribution in [0.25, 0.3) is 0 Å². The van der Waals surface area contributed by atoms with E-state index in [0.29, 0.717) is 31.9 Å². The fourth-order valence-corrected chi connectivity index (χ4v) is 4.12. The first-order valence-electron chi connectivity index (χ1n) is 9.91. The molecule has 0 aliphatic carbocycles. The number of piperidine rings is 1. The molecule has 29 heavy (non-hydrogen) atoms. The van der Waals surface area contributed by atoms with Crippen LogP contribution < -0.4 is 9.80 Å². The Balaban J connectivity index is 1.32. The maximum atomic E-state index is 13.0. The molecule has 3 heterocycles. The minimum absolute atomic E-state index is 0.0166. The lowest BCUT2D eigenvalue weighted by atomic mass is 9.94. The van der Waals surface area contributed by atoms with Crippen molar-refractivity contribution in [3.8, 4) is 0 Å². The summed E-state index contributed by atoms with van der Waals surface area (Å²) in [6.45, 7) is 4.17. The van der Waals surface area contributed by atoms with E-state index in [1.807, 2.05) is 15.9 Å². The van der Waals surface area contributed by atoms with Crippen molar-refractivity contribution in [1.82, 2.24) is 14.9 Å². The van der Waals surface area contributed by atoms with E-state index < -0.39 is 0 Å². The van der Waals surface area contributed by atoms with Crippen LogP contribution in [-0.2, 0) is 4.79 Å². The lowest BCUT2D eigenvalue weighted by Crippen LogP contribution is -2.52. The molecule has 4 rings (SSSR count). The molecule has 2 aliphatic heterocycles. The van der Waals surface area contributed by atoms with Gasteiger partial charge in [0.1, 0.15) is 11.5 Å². The van der Waals surface area contributed by atoms with Crippen molar-refractivity contribution < 1.29 is 9.72 Å². The van der Waals surface area contributed by atoms with Crippen LogP contribution in [0, 0.1) is 16.0 Å². The van der Waals surface area contributed by atoms with Crippen molar-refractivity contribution >= 4 is 23.1 Å². The van der Waals surface area contributed by atoms with Gasteiger partial charge in [0.2, 0.25) is 5.91 Å². The Bertz CT molecular complexity index is 862. The summed E-state index contributed by atoms with van der Waals surface area (Å²) in [5, 5.41) is 11.3. The average Bonchev–Trinajstić information content (AvgIpc) is 2.79. The highest BCUT2D eigenvalue weighted by atomic mass is 16.6. The molecule has 1 aromatic heterocycles. The molecule has 0 bridgehead atoms. The molecule has 0 saturated carbocycles. The van der Waals surface area contributed by atoms with Crippen molar-refractivity contribution in [2.24, 2.45) is 5.92 Å². The summed E-state index contributed by atoms with van der Waals surface area (Å²) in [5.41, 5.74) is 0.762. The molecule has 152 valence electrons. The van der Waals surface area contributed by atoms with Gasteiger partial charge in [0.05, 0.1) is 11.1 Å². The van der Waals surface area contributed by atoms with E-state index in [1.54, 1.807) is 30.7 Å². The van der Waals surface area contributed by atoms with Crippen LogP contribution in [0.15, 0.2) is 42.9 Å². The summed E-state index contributed by atoms with van der Waals surface area (Å²) in [6, 6.07) is 6.81. The number of nitro groups is 1. The number of nitro benzene ring substituents is 1. The third-order valence-electron chi connectivity index (χ3n) is 5.73. The second kappa shape index (κ2) is 8.42. The number of carbonyl (C=O) groups excluding carboxylic acids is 1. The van der Waals surface area contributed by atoms with Crippen LogP contribution >= 0.6 is 0 Å². The number of hydrogen-bond donors (Lipinski definition) is 0. The summed E-state index contributed by atoms with van der Waals surface area (Å²) >= 11 is 0. The van der Waals surface area contributed by atoms with Gasteiger partial charge in [0.15, 0.2) is 0 Å². The highest BCUT2D eigenvalue weighted by Gasteiger charge is 2.32. The third-order valence-corrected chi connectivity index (χ3v) is 5.73. The summed E-state index contributed by atoms with van der Waals surface area (Å²) in [5.74, 6) is 1.03. The number of para-hydroxylation sites is 2. The number of amides is 1. The van der Waals surface area contributed by atoms with Gasteiger partial charge in [0.25, 0.3) is 5.69 Å². The average molecular weight is 396 g/mol. The van der Waals surface area contributed by atoms with Crippen molar-refractivity contribution in [1.29, 1.82) is 0 Å². The molecule has 2 aliphatic rings. The number of rotatable bonds is 4. The lowest BCUT2D eigenvalue weighted by molar-refractivity contribution is -0.384. The maximum absolute atomic E-state index is 13.0. The number of anilines is 2. The monoisotopic (exact) mass is 396 g/mol. The summed E-state index contributed by atoms with van der Waals surface area (Å²) in [6.07, 6.45) is 6.51. The number of carbonyl (C=O) groups is 1. The minimum Gasteiger partial charge on any atom is -0.366 e. The van der Waals surface area contributed by atoms with Crippen LogP contribution in [0.3, 0.4) is 0 Å². The normalized spacial score (nSPS) is 18.0. The number of nitrogens with zero attached hydrogens (tertiary/aromatic N) is 6. The molecule has 9 heteroatoms. The zero-order chi connectivity index (χ0) is 20.2. The Morgan fingerprint density at radius 3 is 2.38 bits per heavy atom. The highest BCUT2D eigenvalue weighted by Crippen LogP contribution is 2.31. The van der Waals surface area contributed by atoms with Gasteiger partial charge in [-0.1, -0.05) is 12.1 Å². The van der Waals surface area contributed by atoms with Crippen molar-refractivity contribution in [3.63, 3.8) is 0 Å². The first kappa shape index (κ1) is 19.1. The van der Waals surface area contributed by atoms with Gasteiger partial charge in [-0.3, -0.25) is 19.9 Å². The zero-order valence-electron chi connectivity index (χ0n) is 16.2. The van der Waals surface area contributed by atoms with Crippen LogP contribution in [0.1, 0.15) is 12.8 Å². The predicted molar refractivity (Wildman–Crippen MR) is 109 cm³/mol. The lowest BCUT2D eigenvalue weighted by Gasteiger charge is -2.39. The Morgan fingerprint density at radius 2 is 1.72 bits per heavy atom. The number of hydrogen-bond acceptors (Lipinski definition) is 7. The van der Waals surface area contributed by atoms with E-state index in [2.05, 4.69) is 14.9 Å². The topological polar surface area (TPSA) is 95.7 Å². The second-order valence-corrected chi connectivity index (χ2v) is 7.38. The molecule has 2 saturated heterocycles. The van der Waals surface area contributed by atoms with E-state index in [1.165, 1.54) is 6.07 Å².